The summed E-state index contributed by atoms with van der Waals surface area (Å²) in [6.45, 7) is 7.66. The number of carbonyl (C=O) groups is 2. The third-order valence-electron chi connectivity index (χ3n) is 7.82. The number of benzene rings is 1. The van der Waals surface area contributed by atoms with E-state index in [1.807, 2.05) is 18.2 Å². The van der Waals surface area contributed by atoms with Gasteiger partial charge in [-0.3, -0.25) is 9.59 Å². The van der Waals surface area contributed by atoms with Crippen LogP contribution >= 0.6 is 0 Å². The van der Waals surface area contributed by atoms with Gasteiger partial charge in [0.05, 0.1) is 12.8 Å². The Hall–Kier alpha value is -1.92. The summed E-state index contributed by atoms with van der Waals surface area (Å²) in [4.78, 5) is 21.7. The molecule has 0 aromatic heterocycles. The highest BCUT2D eigenvalue weighted by Gasteiger charge is 2.43. The first kappa shape index (κ1) is 26.3. The molecular weight excluding hydrogens is 404 g/mol. The highest BCUT2D eigenvalue weighted by Crippen LogP contribution is 2.50. The number of hydrogen-bond acceptors (Lipinski definition) is 4. The molecule has 0 bridgehead atoms. The van der Waals surface area contributed by atoms with Gasteiger partial charge in [-0.1, -0.05) is 51.1 Å². The van der Waals surface area contributed by atoms with Crippen molar-refractivity contribution in [1.82, 2.24) is 0 Å². The number of carboxylic acids is 2. The van der Waals surface area contributed by atoms with Crippen LogP contribution in [0.2, 0.25) is 0 Å². The molecule has 2 unspecified atom stereocenters. The first-order valence-corrected chi connectivity index (χ1v) is 11.8. The molecule has 2 aliphatic carbocycles. The van der Waals surface area contributed by atoms with E-state index < -0.39 is 11.9 Å². The van der Waals surface area contributed by atoms with E-state index in [9.17, 15) is 9.59 Å². The van der Waals surface area contributed by atoms with Gasteiger partial charge >= 0.3 is 11.9 Å². The van der Waals surface area contributed by atoms with E-state index in [0.717, 1.165) is 38.5 Å². The molecule has 2 aliphatic rings. The van der Waals surface area contributed by atoms with E-state index in [-0.39, 0.29) is 29.1 Å². The number of hydrogen-bond donors (Lipinski definition) is 4. The largest absolute Gasteiger partial charge is 0.481 e. The average molecular weight is 447 g/mol. The van der Waals surface area contributed by atoms with Crippen LogP contribution in [0.5, 0.6) is 0 Å². The Bertz CT molecular complexity index is 761. The third-order valence-corrected chi connectivity index (χ3v) is 7.82. The first-order chi connectivity index (χ1) is 14.9. The molecule has 0 heterocycles. The van der Waals surface area contributed by atoms with Gasteiger partial charge in [0, 0.05) is 0 Å². The van der Waals surface area contributed by atoms with Crippen LogP contribution in [0.25, 0.3) is 0 Å². The van der Waals surface area contributed by atoms with Crippen molar-refractivity contribution in [1.29, 1.82) is 0 Å². The van der Waals surface area contributed by atoms with E-state index in [0.29, 0.717) is 24.9 Å². The Labute approximate surface area is 192 Å². The van der Waals surface area contributed by atoms with Gasteiger partial charge in [-0.25, -0.2) is 0 Å². The molecule has 0 radical (unpaired) electrons. The predicted octanol–water partition coefficient (Wildman–Crippen LogP) is 4.63. The first-order valence-electron chi connectivity index (χ1n) is 11.8. The highest BCUT2D eigenvalue weighted by molar-refractivity contribution is 5.68. The van der Waals surface area contributed by atoms with Crippen molar-refractivity contribution >= 4 is 11.9 Å². The van der Waals surface area contributed by atoms with E-state index in [2.05, 4.69) is 32.9 Å². The minimum Gasteiger partial charge on any atom is -0.481 e. The summed E-state index contributed by atoms with van der Waals surface area (Å²) in [6, 6.07) is 10.3. The number of carboxylic acid groups (broad SMARTS) is 2. The van der Waals surface area contributed by atoms with Crippen LogP contribution in [-0.2, 0) is 9.59 Å². The molecular formula is C26H42N2O4. The lowest BCUT2D eigenvalue weighted by molar-refractivity contribution is -0.140. The van der Waals surface area contributed by atoms with Crippen molar-refractivity contribution in [2.24, 2.45) is 33.6 Å². The highest BCUT2D eigenvalue weighted by atomic mass is 16.4. The van der Waals surface area contributed by atoms with Gasteiger partial charge < -0.3 is 21.7 Å². The van der Waals surface area contributed by atoms with Crippen LogP contribution in [0.4, 0.5) is 0 Å². The zero-order valence-electron chi connectivity index (χ0n) is 20.0. The Kier molecular flexibility index (Phi) is 8.89. The van der Waals surface area contributed by atoms with Crippen LogP contribution in [0.3, 0.4) is 0 Å². The SMILES string of the molecule is CC(C)(C)C1CC[C@@](CN)(CC(=O)O)C1.NC[C@@]1(CC(=O)O)CCC(c2ccccc2)C1. The van der Waals surface area contributed by atoms with Crippen molar-refractivity contribution in [2.45, 2.75) is 78.1 Å². The second-order valence-electron chi connectivity index (χ2n) is 11.2. The molecule has 32 heavy (non-hydrogen) atoms. The van der Waals surface area contributed by atoms with Crippen molar-refractivity contribution in [3.8, 4) is 0 Å². The molecule has 0 spiro atoms. The van der Waals surface area contributed by atoms with E-state index >= 15 is 0 Å². The minimum absolute atomic E-state index is 0.135. The quantitative estimate of drug-likeness (QED) is 0.484. The van der Waals surface area contributed by atoms with Crippen molar-refractivity contribution < 1.29 is 19.8 Å². The summed E-state index contributed by atoms with van der Waals surface area (Å²) in [5.41, 5.74) is 12.8. The summed E-state index contributed by atoms with van der Waals surface area (Å²) in [5, 5.41) is 17.9. The summed E-state index contributed by atoms with van der Waals surface area (Å²) in [7, 11) is 0. The summed E-state index contributed by atoms with van der Waals surface area (Å²) >= 11 is 0. The second kappa shape index (κ2) is 10.8. The lowest BCUT2D eigenvalue weighted by Gasteiger charge is -2.30. The Morgan fingerprint density at radius 2 is 1.41 bits per heavy atom. The van der Waals surface area contributed by atoms with E-state index in [1.54, 1.807) is 0 Å². The average Bonchev–Trinajstić information content (AvgIpc) is 3.34. The molecule has 6 heteroatoms. The van der Waals surface area contributed by atoms with Gasteiger partial charge in [0.1, 0.15) is 0 Å². The van der Waals surface area contributed by atoms with Gasteiger partial charge in [0.25, 0.3) is 0 Å². The molecule has 4 atom stereocenters. The molecule has 6 N–H and O–H groups in total. The molecule has 3 rings (SSSR count). The zero-order valence-corrected chi connectivity index (χ0v) is 20.0. The molecule has 1 aromatic rings. The Balaban J connectivity index is 0.000000229. The molecule has 1 aromatic carbocycles. The fraction of sp³-hybridized carbons (Fsp3) is 0.692. The normalized spacial score (nSPS) is 29.9. The second-order valence-corrected chi connectivity index (χ2v) is 11.2. The van der Waals surface area contributed by atoms with Gasteiger partial charge in [0.15, 0.2) is 0 Å². The van der Waals surface area contributed by atoms with Crippen LogP contribution in [0, 0.1) is 22.2 Å². The number of aliphatic carboxylic acids is 2. The molecule has 2 fully saturated rings. The van der Waals surface area contributed by atoms with Crippen LogP contribution in [0.15, 0.2) is 30.3 Å². The molecule has 0 aliphatic heterocycles. The lowest BCUT2D eigenvalue weighted by atomic mass is 9.75. The maximum atomic E-state index is 10.9. The smallest absolute Gasteiger partial charge is 0.303 e. The maximum absolute atomic E-state index is 10.9. The predicted molar refractivity (Wildman–Crippen MR) is 127 cm³/mol. The fourth-order valence-corrected chi connectivity index (χ4v) is 5.64. The van der Waals surface area contributed by atoms with Crippen LogP contribution in [-0.4, -0.2) is 35.2 Å². The number of rotatable bonds is 7. The monoisotopic (exact) mass is 446 g/mol. The summed E-state index contributed by atoms with van der Waals surface area (Å²) < 4.78 is 0. The summed E-state index contributed by atoms with van der Waals surface area (Å²) in [5.74, 6) is -0.362. The lowest BCUT2D eigenvalue weighted by Crippen LogP contribution is -2.31. The van der Waals surface area contributed by atoms with Gasteiger partial charge in [-0.15, -0.1) is 0 Å². The van der Waals surface area contributed by atoms with Gasteiger partial charge in [-0.05, 0) is 85.3 Å². The van der Waals surface area contributed by atoms with E-state index in [4.69, 9.17) is 21.7 Å². The van der Waals surface area contributed by atoms with Crippen molar-refractivity contribution in [3.05, 3.63) is 35.9 Å². The molecule has 6 nitrogen and oxygen atoms in total. The van der Waals surface area contributed by atoms with Crippen molar-refractivity contribution in [2.75, 3.05) is 13.1 Å². The van der Waals surface area contributed by atoms with Gasteiger partial charge in [-0.2, -0.15) is 0 Å². The molecule has 0 saturated heterocycles. The van der Waals surface area contributed by atoms with Crippen molar-refractivity contribution in [3.63, 3.8) is 0 Å². The maximum Gasteiger partial charge on any atom is 0.303 e. The van der Waals surface area contributed by atoms with Crippen LogP contribution in [0.1, 0.15) is 83.6 Å². The Morgan fingerprint density at radius 1 is 0.906 bits per heavy atom. The van der Waals surface area contributed by atoms with E-state index in [1.165, 1.54) is 5.56 Å². The summed E-state index contributed by atoms with van der Waals surface area (Å²) in [6.07, 6.45) is 6.37. The fourth-order valence-electron chi connectivity index (χ4n) is 5.64. The number of nitrogens with two attached hydrogens (primary N) is 2. The standard InChI is InChI=1S/C14H19NO2.C12H23NO2/c15-10-14(9-13(16)17)7-6-12(8-14)11-4-2-1-3-5-11;1-11(2,3)9-4-5-12(6-9,8-13)7-10(14)15/h1-5,12H,6-10,15H2,(H,16,17);9H,4-8,13H2,1-3H3,(H,14,15)/t12?,14-;9?,12-/m00/s1. The topological polar surface area (TPSA) is 127 Å². The zero-order chi connectivity index (χ0) is 24.0. The van der Waals surface area contributed by atoms with Crippen LogP contribution < -0.4 is 11.5 Å². The van der Waals surface area contributed by atoms with Gasteiger partial charge in [0.2, 0.25) is 0 Å². The third kappa shape index (κ3) is 7.04. The molecule has 0 amide bonds. The molecule has 2 saturated carbocycles. The minimum atomic E-state index is -0.732. The Morgan fingerprint density at radius 3 is 1.84 bits per heavy atom. The molecule has 180 valence electrons.